The van der Waals surface area contributed by atoms with E-state index in [1.165, 1.54) is 37.3 Å². The monoisotopic (exact) mass is 352 g/mol. The Hall–Kier alpha value is -3.48. The molecule has 7 heteroatoms. The number of fused-ring (bicyclic) bond motifs is 1. The molecule has 0 spiro atoms. The predicted octanol–water partition coefficient (Wildman–Crippen LogP) is 2.62. The molecule has 0 saturated carbocycles. The van der Waals surface area contributed by atoms with E-state index in [1.54, 1.807) is 19.1 Å². The first-order chi connectivity index (χ1) is 12.4. The lowest BCUT2D eigenvalue weighted by Crippen LogP contribution is -2.29. The van der Waals surface area contributed by atoms with Crippen molar-refractivity contribution in [3.63, 3.8) is 0 Å². The Kier molecular flexibility index (Phi) is 4.53. The zero-order valence-corrected chi connectivity index (χ0v) is 14.2. The molecule has 132 valence electrons. The van der Waals surface area contributed by atoms with Gasteiger partial charge in [-0.2, -0.15) is 0 Å². The molecule has 0 radical (unpaired) electrons. The number of benzene rings is 2. The summed E-state index contributed by atoms with van der Waals surface area (Å²) in [6.45, 7) is 3.29. The van der Waals surface area contributed by atoms with Crippen LogP contribution in [0.1, 0.15) is 44.9 Å². The van der Waals surface area contributed by atoms with Gasteiger partial charge in [0, 0.05) is 6.92 Å². The third-order valence-corrected chi connectivity index (χ3v) is 3.86. The normalized spacial score (nSPS) is 12.8. The number of nitrogens with one attached hydrogen (secondary N) is 1. The lowest BCUT2D eigenvalue weighted by molar-refractivity contribution is -0.114. The molecule has 1 N–H and O–H groups in total. The summed E-state index contributed by atoms with van der Waals surface area (Å²) in [7, 11) is 0. The highest BCUT2D eigenvalue weighted by molar-refractivity contribution is 6.36. The molecule has 26 heavy (non-hydrogen) atoms. The average molecular weight is 352 g/mol. The second-order valence-corrected chi connectivity index (χ2v) is 5.62. The van der Waals surface area contributed by atoms with Crippen LogP contribution in [0.2, 0.25) is 0 Å². The zero-order chi connectivity index (χ0) is 18.8. The quantitative estimate of drug-likeness (QED) is 0.674. The maximum absolute atomic E-state index is 12.8. The van der Waals surface area contributed by atoms with Crippen molar-refractivity contribution in [3.05, 3.63) is 59.2 Å². The minimum atomic E-state index is -0.529. The van der Waals surface area contributed by atoms with Gasteiger partial charge in [0.25, 0.3) is 11.8 Å². The standard InChI is InChI=1S/C19H16N2O5/c1-3-26-19(25)12-7-9-13(10-8-12)21-17(23)14-5-4-6-15(20-11(2)22)16(14)18(21)24/h4-10H,3H2,1-2H3,(H,20,22). The van der Waals surface area contributed by atoms with Crippen LogP contribution in [0.15, 0.2) is 42.5 Å². The fourth-order valence-corrected chi connectivity index (χ4v) is 2.77. The number of nitrogens with zero attached hydrogens (tertiary/aromatic N) is 1. The second-order valence-electron chi connectivity index (χ2n) is 5.62. The molecular weight excluding hydrogens is 336 g/mol. The van der Waals surface area contributed by atoms with Crippen LogP contribution < -0.4 is 10.2 Å². The first-order valence-electron chi connectivity index (χ1n) is 8.00. The number of hydrogen-bond acceptors (Lipinski definition) is 5. The Balaban J connectivity index is 1.95. The van der Waals surface area contributed by atoms with Crippen molar-refractivity contribution in [2.24, 2.45) is 0 Å². The predicted molar refractivity (Wildman–Crippen MR) is 94.3 cm³/mol. The van der Waals surface area contributed by atoms with Crippen LogP contribution in [0.5, 0.6) is 0 Å². The van der Waals surface area contributed by atoms with Gasteiger partial charge in [0.2, 0.25) is 5.91 Å². The van der Waals surface area contributed by atoms with E-state index in [2.05, 4.69) is 5.32 Å². The molecule has 3 amide bonds. The van der Waals surface area contributed by atoms with Gasteiger partial charge in [0.05, 0.1) is 34.7 Å². The van der Waals surface area contributed by atoms with Crippen molar-refractivity contribution in [1.82, 2.24) is 0 Å². The molecule has 3 rings (SSSR count). The summed E-state index contributed by atoms with van der Waals surface area (Å²) in [5.74, 6) is -1.83. The van der Waals surface area contributed by atoms with Crippen LogP contribution in [-0.2, 0) is 9.53 Å². The van der Waals surface area contributed by atoms with Gasteiger partial charge in [-0.25, -0.2) is 9.69 Å². The van der Waals surface area contributed by atoms with E-state index in [0.717, 1.165) is 4.90 Å². The summed E-state index contributed by atoms with van der Waals surface area (Å²) in [6, 6.07) is 10.7. The number of carbonyl (C=O) groups excluding carboxylic acids is 4. The van der Waals surface area contributed by atoms with Gasteiger partial charge >= 0.3 is 5.97 Å². The van der Waals surface area contributed by atoms with Crippen LogP contribution in [0, 0.1) is 0 Å². The van der Waals surface area contributed by atoms with Gasteiger partial charge in [0.1, 0.15) is 0 Å². The van der Waals surface area contributed by atoms with E-state index >= 15 is 0 Å². The van der Waals surface area contributed by atoms with Crippen molar-refractivity contribution in [1.29, 1.82) is 0 Å². The molecular formula is C19H16N2O5. The van der Waals surface area contributed by atoms with Crippen LogP contribution >= 0.6 is 0 Å². The number of esters is 1. The van der Waals surface area contributed by atoms with Crippen LogP contribution in [-0.4, -0.2) is 30.3 Å². The third kappa shape index (κ3) is 2.95. The number of rotatable bonds is 4. The lowest BCUT2D eigenvalue weighted by Gasteiger charge is -2.14. The van der Waals surface area contributed by atoms with E-state index in [-0.39, 0.29) is 23.6 Å². The second kappa shape index (κ2) is 6.79. The molecule has 2 aromatic carbocycles. The maximum atomic E-state index is 12.8. The highest BCUT2D eigenvalue weighted by Gasteiger charge is 2.38. The van der Waals surface area contributed by atoms with Gasteiger partial charge < -0.3 is 10.1 Å². The number of ether oxygens (including phenoxy) is 1. The smallest absolute Gasteiger partial charge is 0.338 e. The largest absolute Gasteiger partial charge is 0.462 e. The Bertz CT molecular complexity index is 918. The summed E-state index contributed by atoms with van der Waals surface area (Å²) in [5.41, 5.74) is 1.32. The molecule has 7 nitrogen and oxygen atoms in total. The summed E-state index contributed by atoms with van der Waals surface area (Å²) < 4.78 is 4.91. The van der Waals surface area contributed by atoms with Crippen LogP contribution in [0.25, 0.3) is 0 Å². The fourth-order valence-electron chi connectivity index (χ4n) is 2.77. The van der Waals surface area contributed by atoms with E-state index in [9.17, 15) is 19.2 Å². The Morgan fingerprint density at radius 1 is 1.04 bits per heavy atom. The topological polar surface area (TPSA) is 92.8 Å². The molecule has 0 atom stereocenters. The number of amides is 3. The summed E-state index contributed by atoms with van der Waals surface area (Å²) >= 11 is 0. The van der Waals surface area contributed by atoms with Gasteiger partial charge in [-0.05, 0) is 43.3 Å². The minimum Gasteiger partial charge on any atom is -0.462 e. The Labute approximate surface area is 149 Å². The van der Waals surface area contributed by atoms with Gasteiger partial charge in [0.15, 0.2) is 0 Å². The van der Waals surface area contributed by atoms with Crippen LogP contribution in [0.4, 0.5) is 11.4 Å². The van der Waals surface area contributed by atoms with Crippen LogP contribution in [0.3, 0.4) is 0 Å². The molecule has 0 unspecified atom stereocenters. The third-order valence-electron chi connectivity index (χ3n) is 3.86. The molecule has 0 aliphatic carbocycles. The molecule has 1 aliphatic heterocycles. The van der Waals surface area contributed by atoms with E-state index < -0.39 is 17.8 Å². The average Bonchev–Trinajstić information content (AvgIpc) is 2.87. The SMILES string of the molecule is CCOC(=O)c1ccc(N2C(=O)c3cccc(NC(C)=O)c3C2=O)cc1. The van der Waals surface area contributed by atoms with Crippen molar-refractivity contribution >= 4 is 35.1 Å². The molecule has 0 fully saturated rings. The highest BCUT2D eigenvalue weighted by atomic mass is 16.5. The van der Waals surface area contributed by atoms with Crippen molar-refractivity contribution in [2.75, 3.05) is 16.8 Å². The molecule has 1 aliphatic rings. The Morgan fingerprint density at radius 3 is 2.35 bits per heavy atom. The number of hydrogen-bond donors (Lipinski definition) is 1. The summed E-state index contributed by atoms with van der Waals surface area (Å²) in [5, 5.41) is 2.57. The summed E-state index contributed by atoms with van der Waals surface area (Å²) in [4.78, 5) is 49.5. The molecule has 0 saturated heterocycles. The lowest BCUT2D eigenvalue weighted by atomic mass is 10.1. The van der Waals surface area contributed by atoms with Gasteiger partial charge in [-0.3, -0.25) is 14.4 Å². The molecule has 0 aromatic heterocycles. The maximum Gasteiger partial charge on any atom is 0.338 e. The van der Waals surface area contributed by atoms with E-state index in [1.807, 2.05) is 0 Å². The van der Waals surface area contributed by atoms with E-state index in [4.69, 9.17) is 4.74 Å². The fraction of sp³-hybridized carbons (Fsp3) is 0.158. The van der Waals surface area contributed by atoms with E-state index in [0.29, 0.717) is 16.9 Å². The first-order valence-corrected chi connectivity index (χ1v) is 8.00. The molecule has 1 heterocycles. The van der Waals surface area contributed by atoms with Crippen molar-refractivity contribution < 1.29 is 23.9 Å². The number of anilines is 2. The van der Waals surface area contributed by atoms with Crippen molar-refractivity contribution in [3.8, 4) is 0 Å². The molecule has 2 aromatic rings. The number of carbonyl (C=O) groups is 4. The number of imide groups is 1. The summed E-state index contributed by atoms with van der Waals surface area (Å²) in [6.07, 6.45) is 0. The minimum absolute atomic E-state index is 0.155. The Morgan fingerprint density at radius 2 is 1.73 bits per heavy atom. The zero-order valence-electron chi connectivity index (χ0n) is 14.2. The van der Waals surface area contributed by atoms with Crippen molar-refractivity contribution in [2.45, 2.75) is 13.8 Å². The van der Waals surface area contributed by atoms with Gasteiger partial charge in [-0.15, -0.1) is 0 Å². The highest BCUT2D eigenvalue weighted by Crippen LogP contribution is 2.33. The molecule has 0 bridgehead atoms. The van der Waals surface area contributed by atoms with Gasteiger partial charge in [-0.1, -0.05) is 6.07 Å². The first kappa shape index (κ1) is 17.3.